The fourth-order valence-electron chi connectivity index (χ4n) is 1.51. The van der Waals surface area contributed by atoms with E-state index in [0.717, 1.165) is 6.07 Å². The monoisotopic (exact) mass is 311 g/mol. The molecule has 0 aliphatic heterocycles. The van der Waals surface area contributed by atoms with Gasteiger partial charge in [0.1, 0.15) is 5.82 Å². The van der Waals surface area contributed by atoms with Crippen LogP contribution in [0.3, 0.4) is 0 Å². The van der Waals surface area contributed by atoms with Crippen LogP contribution >= 0.6 is 11.6 Å². The smallest absolute Gasteiger partial charge is 0.261 e. The van der Waals surface area contributed by atoms with Crippen molar-refractivity contribution in [3.63, 3.8) is 0 Å². The summed E-state index contributed by atoms with van der Waals surface area (Å²) in [6, 6.07) is 5.10. The minimum Gasteiger partial charge on any atom is -0.481 e. The Bertz CT molecular complexity index is 659. The molecule has 2 aromatic rings. The van der Waals surface area contributed by atoms with E-state index in [4.69, 9.17) is 21.1 Å². The van der Waals surface area contributed by atoms with Crippen molar-refractivity contribution in [2.24, 2.45) is 0 Å². The number of aromatic nitrogens is 2. The predicted molar refractivity (Wildman–Crippen MR) is 74.5 cm³/mol. The molecule has 1 aromatic carbocycles. The van der Waals surface area contributed by atoms with Gasteiger partial charge in [0, 0.05) is 5.02 Å². The number of anilines is 1. The molecular weight excluding hydrogens is 301 g/mol. The van der Waals surface area contributed by atoms with Crippen LogP contribution in [0.25, 0.3) is 0 Å². The summed E-state index contributed by atoms with van der Waals surface area (Å²) in [5.41, 5.74) is -0.215. The molecule has 110 valence electrons. The Morgan fingerprint density at radius 2 is 1.81 bits per heavy atom. The molecule has 0 unspecified atom stereocenters. The number of hydrogen-bond donors (Lipinski definition) is 1. The maximum absolute atomic E-state index is 13.6. The van der Waals surface area contributed by atoms with E-state index in [9.17, 15) is 9.18 Å². The zero-order valence-corrected chi connectivity index (χ0v) is 11.9. The summed E-state index contributed by atoms with van der Waals surface area (Å²) in [6.07, 6.45) is 0. The van der Waals surface area contributed by atoms with Gasteiger partial charge in [0.2, 0.25) is 17.7 Å². The first-order chi connectivity index (χ1) is 10.0. The van der Waals surface area contributed by atoms with Crippen molar-refractivity contribution in [2.75, 3.05) is 19.5 Å². The van der Waals surface area contributed by atoms with E-state index in [2.05, 4.69) is 15.3 Å². The number of rotatable bonds is 4. The normalized spacial score (nSPS) is 10.1. The zero-order valence-electron chi connectivity index (χ0n) is 11.2. The Labute approximate surface area is 124 Å². The van der Waals surface area contributed by atoms with E-state index in [-0.39, 0.29) is 28.3 Å². The molecule has 1 heterocycles. The van der Waals surface area contributed by atoms with Crippen LogP contribution in [-0.4, -0.2) is 30.1 Å². The average Bonchev–Trinajstić information content (AvgIpc) is 2.49. The lowest BCUT2D eigenvalue weighted by Gasteiger charge is -2.08. The lowest BCUT2D eigenvalue weighted by atomic mass is 10.2. The maximum Gasteiger partial charge on any atom is 0.261 e. The van der Waals surface area contributed by atoms with Crippen LogP contribution in [0.15, 0.2) is 24.3 Å². The Kier molecular flexibility index (Phi) is 4.54. The molecule has 0 fully saturated rings. The molecule has 0 saturated carbocycles. The van der Waals surface area contributed by atoms with E-state index in [1.165, 1.54) is 32.4 Å². The highest BCUT2D eigenvalue weighted by molar-refractivity contribution is 6.31. The molecule has 6 nitrogen and oxygen atoms in total. The summed E-state index contributed by atoms with van der Waals surface area (Å²) >= 11 is 5.74. The number of carbonyl (C=O) groups is 1. The number of nitrogens with one attached hydrogen (secondary N) is 1. The first-order valence-corrected chi connectivity index (χ1v) is 6.14. The minimum absolute atomic E-state index is 0.0735. The highest BCUT2D eigenvalue weighted by Crippen LogP contribution is 2.19. The average molecular weight is 312 g/mol. The molecular formula is C13H11ClFN3O3. The first kappa shape index (κ1) is 15.0. The largest absolute Gasteiger partial charge is 0.481 e. The van der Waals surface area contributed by atoms with Gasteiger partial charge in [-0.1, -0.05) is 11.6 Å². The number of carbonyl (C=O) groups excluding carboxylic acids is 1. The van der Waals surface area contributed by atoms with E-state index in [0.29, 0.717) is 0 Å². The topological polar surface area (TPSA) is 73.3 Å². The Balaban J connectivity index is 2.28. The molecule has 8 heteroatoms. The summed E-state index contributed by atoms with van der Waals surface area (Å²) in [6.45, 7) is 0. The molecule has 1 aromatic heterocycles. The Morgan fingerprint density at radius 1 is 1.19 bits per heavy atom. The number of nitrogens with zero attached hydrogens (tertiary/aromatic N) is 2. The van der Waals surface area contributed by atoms with Crippen molar-refractivity contribution < 1.29 is 18.7 Å². The van der Waals surface area contributed by atoms with Gasteiger partial charge in [-0.3, -0.25) is 10.1 Å². The fraction of sp³-hybridized carbons (Fsp3) is 0.154. The van der Waals surface area contributed by atoms with E-state index in [1.807, 2.05) is 0 Å². The zero-order chi connectivity index (χ0) is 15.4. The van der Waals surface area contributed by atoms with E-state index in [1.54, 1.807) is 0 Å². The predicted octanol–water partition coefficient (Wildman–Crippen LogP) is 2.54. The molecule has 0 spiro atoms. The number of ether oxygens (including phenoxy) is 2. The molecule has 2 rings (SSSR count). The van der Waals surface area contributed by atoms with Crippen LogP contribution in [0.1, 0.15) is 10.4 Å². The van der Waals surface area contributed by atoms with Gasteiger partial charge in [0.15, 0.2) is 0 Å². The van der Waals surface area contributed by atoms with Crippen LogP contribution < -0.4 is 14.8 Å². The van der Waals surface area contributed by atoms with Gasteiger partial charge in [0.05, 0.1) is 25.8 Å². The molecule has 21 heavy (non-hydrogen) atoms. The Morgan fingerprint density at radius 3 is 2.38 bits per heavy atom. The third-order valence-corrected chi connectivity index (χ3v) is 2.73. The molecule has 0 radical (unpaired) electrons. The summed E-state index contributed by atoms with van der Waals surface area (Å²) in [5, 5.41) is 2.60. The highest BCUT2D eigenvalue weighted by atomic mass is 35.5. The summed E-state index contributed by atoms with van der Waals surface area (Å²) < 4.78 is 23.5. The van der Waals surface area contributed by atoms with Crippen LogP contribution in [0.2, 0.25) is 5.02 Å². The number of amides is 1. The van der Waals surface area contributed by atoms with Gasteiger partial charge < -0.3 is 9.47 Å². The summed E-state index contributed by atoms with van der Waals surface area (Å²) in [5.74, 6) is -1.11. The van der Waals surface area contributed by atoms with Gasteiger partial charge >= 0.3 is 0 Å². The van der Waals surface area contributed by atoms with Crippen molar-refractivity contribution in [3.05, 3.63) is 40.7 Å². The van der Waals surface area contributed by atoms with Crippen molar-refractivity contribution in [2.45, 2.75) is 0 Å². The quantitative estimate of drug-likeness (QED) is 0.939. The number of hydrogen-bond acceptors (Lipinski definition) is 5. The van der Waals surface area contributed by atoms with E-state index < -0.39 is 11.7 Å². The van der Waals surface area contributed by atoms with Gasteiger partial charge in [-0.2, -0.15) is 9.97 Å². The third kappa shape index (κ3) is 3.57. The lowest BCUT2D eigenvalue weighted by Crippen LogP contribution is -2.16. The second-order valence-corrected chi connectivity index (χ2v) is 4.29. The third-order valence-electron chi connectivity index (χ3n) is 2.50. The highest BCUT2D eigenvalue weighted by Gasteiger charge is 2.15. The second-order valence-electron chi connectivity index (χ2n) is 3.85. The van der Waals surface area contributed by atoms with E-state index >= 15 is 0 Å². The van der Waals surface area contributed by atoms with Gasteiger partial charge in [-0.15, -0.1) is 0 Å². The maximum atomic E-state index is 13.6. The van der Waals surface area contributed by atoms with Crippen LogP contribution in [0.4, 0.5) is 10.3 Å². The van der Waals surface area contributed by atoms with Crippen molar-refractivity contribution in [1.29, 1.82) is 0 Å². The van der Waals surface area contributed by atoms with Crippen LogP contribution in [-0.2, 0) is 0 Å². The number of benzene rings is 1. The van der Waals surface area contributed by atoms with Crippen molar-refractivity contribution in [3.8, 4) is 11.8 Å². The first-order valence-electron chi connectivity index (χ1n) is 5.77. The minimum atomic E-state index is -0.731. The molecule has 0 aliphatic carbocycles. The number of methoxy groups -OCH3 is 2. The molecule has 1 amide bonds. The van der Waals surface area contributed by atoms with Gasteiger partial charge in [-0.05, 0) is 18.2 Å². The summed E-state index contributed by atoms with van der Waals surface area (Å²) in [7, 11) is 2.81. The van der Waals surface area contributed by atoms with Crippen LogP contribution in [0.5, 0.6) is 11.8 Å². The second kappa shape index (κ2) is 6.36. The van der Waals surface area contributed by atoms with Gasteiger partial charge in [0.25, 0.3) is 5.91 Å². The Hall–Kier alpha value is -2.41. The molecule has 0 bridgehead atoms. The van der Waals surface area contributed by atoms with Crippen molar-refractivity contribution in [1.82, 2.24) is 9.97 Å². The summed E-state index contributed by atoms with van der Waals surface area (Å²) in [4.78, 5) is 19.8. The van der Waals surface area contributed by atoms with Crippen molar-refractivity contribution >= 4 is 23.5 Å². The van der Waals surface area contributed by atoms with Gasteiger partial charge in [-0.25, -0.2) is 4.39 Å². The molecule has 1 N–H and O–H groups in total. The number of halogens is 2. The lowest BCUT2D eigenvalue weighted by molar-refractivity contribution is 0.102. The molecule has 0 saturated heterocycles. The molecule has 0 atom stereocenters. The molecule has 0 aliphatic rings. The standard InChI is InChI=1S/C13H11ClFN3O3/c1-20-10-6-11(21-2)17-13(16-10)18-12(19)8-5-7(14)3-4-9(8)15/h3-6H,1-2H3,(H,16,17,18,19). The SMILES string of the molecule is COc1cc(OC)nc(NC(=O)c2cc(Cl)ccc2F)n1. The van der Waals surface area contributed by atoms with Crippen LogP contribution in [0, 0.1) is 5.82 Å². The fourth-order valence-corrected chi connectivity index (χ4v) is 1.68.